The summed E-state index contributed by atoms with van der Waals surface area (Å²) >= 11 is 5.86. The first-order chi connectivity index (χ1) is 16.8. The molecule has 15 heteroatoms. The minimum atomic E-state index is -3.88. The van der Waals surface area contributed by atoms with E-state index in [1.54, 1.807) is 0 Å². The molecule has 0 radical (unpaired) electrons. The van der Waals surface area contributed by atoms with Crippen LogP contribution < -0.4 is 9.47 Å². The smallest absolute Gasteiger partial charge is 0.245 e. The van der Waals surface area contributed by atoms with Crippen LogP contribution in [0, 0.1) is 0 Å². The van der Waals surface area contributed by atoms with Crippen LogP contribution in [0.3, 0.4) is 0 Å². The van der Waals surface area contributed by atoms with Gasteiger partial charge < -0.3 is 18.9 Å². The maximum absolute atomic E-state index is 13.5. The zero-order chi connectivity index (χ0) is 25.6. The van der Waals surface area contributed by atoms with E-state index in [9.17, 15) is 8.42 Å². The van der Waals surface area contributed by atoms with Gasteiger partial charge in [-0.25, -0.2) is 18.4 Å². The van der Waals surface area contributed by atoms with Gasteiger partial charge in [-0.2, -0.15) is 9.97 Å². The number of nitrogens with zero attached hydrogens (tertiary/aromatic N) is 7. The lowest BCUT2D eigenvalue weighted by Gasteiger charge is -2.22. The molecule has 0 saturated carbocycles. The molecule has 0 amide bonds. The summed E-state index contributed by atoms with van der Waals surface area (Å²) in [4.78, 5) is 16.4. The number of hydrogen-bond donors (Lipinski definition) is 0. The monoisotopic (exact) mass is 527 g/mol. The predicted octanol–water partition coefficient (Wildman–Crippen LogP) is 1.75. The number of sulfone groups is 1. The fourth-order valence-electron chi connectivity index (χ4n) is 3.31. The Labute approximate surface area is 207 Å². The minimum absolute atomic E-state index is 0.0552. The van der Waals surface area contributed by atoms with E-state index in [1.165, 1.54) is 51.5 Å². The average molecular weight is 528 g/mol. The highest BCUT2D eigenvalue weighted by Gasteiger charge is 2.35. The van der Waals surface area contributed by atoms with Gasteiger partial charge in [0.05, 0.1) is 24.5 Å². The first kappa shape index (κ1) is 26.7. The lowest BCUT2D eigenvalue weighted by Crippen LogP contribution is -2.30. The molecule has 3 rings (SSSR count). The number of aromatic nitrogens is 7. The molecular weight excluding hydrogens is 502 g/mol. The van der Waals surface area contributed by atoms with Crippen LogP contribution in [0.5, 0.6) is 11.8 Å². The molecule has 3 heterocycles. The van der Waals surface area contributed by atoms with Crippen LogP contribution in [0.15, 0.2) is 18.7 Å². The van der Waals surface area contributed by atoms with Gasteiger partial charge in [0.1, 0.15) is 24.8 Å². The molecule has 0 aliphatic heterocycles. The second-order valence-electron chi connectivity index (χ2n) is 7.17. The SMILES string of the molecule is CCOCc1nnc(CS(=O)(=O)[C@@H](C)[C@H](OC)c2ncc(Cl)cn2)n1-c1c(OC)ncnc1OC. The number of methoxy groups -OCH3 is 3. The predicted molar refractivity (Wildman–Crippen MR) is 124 cm³/mol. The molecule has 3 aromatic rings. The Hall–Kier alpha value is -2.94. The van der Waals surface area contributed by atoms with Crippen molar-refractivity contribution in [3.05, 3.63) is 41.2 Å². The Morgan fingerprint density at radius 2 is 1.60 bits per heavy atom. The van der Waals surface area contributed by atoms with Crippen molar-refractivity contribution in [2.45, 2.75) is 37.6 Å². The van der Waals surface area contributed by atoms with Gasteiger partial charge in [0.25, 0.3) is 0 Å². The van der Waals surface area contributed by atoms with Crippen LogP contribution in [-0.4, -0.2) is 76.3 Å². The van der Waals surface area contributed by atoms with Crippen molar-refractivity contribution in [2.24, 2.45) is 0 Å². The van der Waals surface area contributed by atoms with Crippen LogP contribution in [0.1, 0.15) is 37.4 Å². The van der Waals surface area contributed by atoms with Gasteiger partial charge in [-0.3, -0.25) is 4.57 Å². The molecule has 0 fully saturated rings. The maximum Gasteiger partial charge on any atom is 0.245 e. The number of halogens is 1. The molecule has 0 aliphatic carbocycles. The highest BCUT2D eigenvalue weighted by Crippen LogP contribution is 2.32. The molecule has 0 unspecified atom stereocenters. The van der Waals surface area contributed by atoms with Gasteiger partial charge in [0, 0.05) is 26.1 Å². The molecule has 0 N–H and O–H groups in total. The second-order valence-corrected chi connectivity index (χ2v) is 9.97. The molecule has 35 heavy (non-hydrogen) atoms. The zero-order valence-corrected chi connectivity index (χ0v) is 21.4. The Kier molecular flexibility index (Phi) is 8.88. The molecule has 13 nitrogen and oxygen atoms in total. The van der Waals surface area contributed by atoms with E-state index in [0.29, 0.717) is 17.5 Å². The highest BCUT2D eigenvalue weighted by atomic mass is 35.5. The van der Waals surface area contributed by atoms with Crippen molar-refractivity contribution in [3.63, 3.8) is 0 Å². The summed E-state index contributed by atoms with van der Waals surface area (Å²) in [6, 6.07) is 0. The largest absolute Gasteiger partial charge is 0.479 e. The molecule has 0 spiro atoms. The number of rotatable bonds is 12. The number of hydrogen-bond acceptors (Lipinski definition) is 12. The van der Waals surface area contributed by atoms with Gasteiger partial charge in [0.2, 0.25) is 11.8 Å². The first-order valence-electron chi connectivity index (χ1n) is 10.4. The van der Waals surface area contributed by atoms with Crippen molar-refractivity contribution in [1.82, 2.24) is 34.7 Å². The highest BCUT2D eigenvalue weighted by molar-refractivity contribution is 7.91. The Morgan fingerprint density at radius 1 is 1.00 bits per heavy atom. The standard InChI is InChI=1S/C20H26ClN7O6S/c1-6-34-9-14-26-27-15(28(14)16-19(32-4)24-11-25-20(16)33-5)10-35(29,30)12(2)17(31-3)18-22-7-13(21)8-23-18/h7-8,11-12,17H,6,9-10H2,1-5H3/t12-,17-/m0/s1. The van der Waals surface area contributed by atoms with Gasteiger partial charge in [0.15, 0.2) is 33.0 Å². The third-order valence-corrected chi connectivity index (χ3v) is 7.31. The van der Waals surface area contributed by atoms with Crippen molar-refractivity contribution < 1.29 is 27.4 Å². The Balaban J connectivity index is 2.06. The third-order valence-electron chi connectivity index (χ3n) is 5.07. The van der Waals surface area contributed by atoms with Gasteiger partial charge in [-0.15, -0.1) is 10.2 Å². The summed E-state index contributed by atoms with van der Waals surface area (Å²) in [6.07, 6.45) is 3.07. The normalized spacial score (nSPS) is 13.4. The third kappa shape index (κ3) is 5.83. The lowest BCUT2D eigenvalue weighted by molar-refractivity contribution is 0.0948. The van der Waals surface area contributed by atoms with Gasteiger partial charge in [-0.05, 0) is 13.8 Å². The summed E-state index contributed by atoms with van der Waals surface area (Å²) < 4.78 is 50.1. The van der Waals surface area contributed by atoms with Crippen molar-refractivity contribution in [2.75, 3.05) is 27.9 Å². The van der Waals surface area contributed by atoms with Crippen LogP contribution >= 0.6 is 11.6 Å². The topological polar surface area (TPSA) is 153 Å². The average Bonchev–Trinajstić information content (AvgIpc) is 3.24. The molecule has 0 bridgehead atoms. The van der Waals surface area contributed by atoms with Gasteiger partial charge >= 0.3 is 0 Å². The van der Waals surface area contributed by atoms with Crippen LogP contribution in [0.2, 0.25) is 5.02 Å². The van der Waals surface area contributed by atoms with Gasteiger partial charge in [-0.1, -0.05) is 11.6 Å². The van der Waals surface area contributed by atoms with E-state index in [2.05, 4.69) is 30.1 Å². The lowest BCUT2D eigenvalue weighted by atomic mass is 10.2. The van der Waals surface area contributed by atoms with Crippen LogP contribution in [-0.2, 0) is 31.7 Å². The summed E-state index contributed by atoms with van der Waals surface area (Å²) in [7, 11) is 0.344. The van der Waals surface area contributed by atoms with E-state index in [-0.39, 0.29) is 35.7 Å². The Bertz CT molecular complexity index is 1220. The molecule has 2 atom stereocenters. The first-order valence-corrected chi connectivity index (χ1v) is 12.5. The zero-order valence-electron chi connectivity index (χ0n) is 19.9. The van der Waals surface area contributed by atoms with E-state index in [4.69, 9.17) is 30.5 Å². The van der Waals surface area contributed by atoms with Crippen molar-refractivity contribution in [3.8, 4) is 17.4 Å². The number of ether oxygens (including phenoxy) is 4. The maximum atomic E-state index is 13.5. The molecule has 0 aromatic carbocycles. The van der Waals surface area contributed by atoms with E-state index in [0.717, 1.165) is 0 Å². The van der Waals surface area contributed by atoms with E-state index >= 15 is 0 Å². The van der Waals surface area contributed by atoms with Crippen molar-refractivity contribution >= 4 is 21.4 Å². The summed E-state index contributed by atoms with van der Waals surface area (Å²) in [5.74, 6) is 0.384. The summed E-state index contributed by atoms with van der Waals surface area (Å²) in [6.45, 7) is 3.80. The Morgan fingerprint density at radius 3 is 2.14 bits per heavy atom. The fourth-order valence-corrected chi connectivity index (χ4v) is 4.82. The fraction of sp³-hybridized carbons (Fsp3) is 0.500. The van der Waals surface area contributed by atoms with Crippen LogP contribution in [0.25, 0.3) is 5.69 Å². The van der Waals surface area contributed by atoms with E-state index in [1.807, 2.05) is 6.92 Å². The van der Waals surface area contributed by atoms with Crippen LogP contribution in [0.4, 0.5) is 0 Å². The second kappa shape index (κ2) is 11.7. The minimum Gasteiger partial charge on any atom is -0.479 e. The molecule has 190 valence electrons. The molecule has 0 saturated heterocycles. The molecular formula is C20H26ClN7O6S. The summed E-state index contributed by atoms with van der Waals surface area (Å²) in [5, 5.41) is 7.56. The quantitative estimate of drug-likeness (QED) is 0.337. The summed E-state index contributed by atoms with van der Waals surface area (Å²) in [5.41, 5.74) is 0.249. The molecule has 3 aromatic heterocycles. The molecule has 0 aliphatic rings. The van der Waals surface area contributed by atoms with E-state index < -0.39 is 26.9 Å². The van der Waals surface area contributed by atoms with Crippen molar-refractivity contribution in [1.29, 1.82) is 0 Å².